The number of hydrogen-bond donors (Lipinski definition) is 1. The van der Waals surface area contributed by atoms with Crippen LogP contribution >= 0.6 is 11.8 Å². The number of carbonyl (C=O) groups excluding carboxylic acids is 1. The minimum atomic E-state index is -0.0873. The Morgan fingerprint density at radius 1 is 1.60 bits per heavy atom. The van der Waals surface area contributed by atoms with Gasteiger partial charge in [0.15, 0.2) is 0 Å². The molecular formula is C11H12N2OS. The van der Waals surface area contributed by atoms with Crippen LogP contribution in [0.2, 0.25) is 0 Å². The zero-order chi connectivity index (χ0) is 11.3. The number of nitriles is 1. The molecule has 1 N–H and O–H groups in total. The zero-order valence-corrected chi connectivity index (χ0v) is 9.47. The molecule has 1 aromatic carbocycles. The van der Waals surface area contributed by atoms with Gasteiger partial charge in [-0.05, 0) is 31.4 Å². The van der Waals surface area contributed by atoms with E-state index in [1.165, 1.54) is 11.8 Å². The van der Waals surface area contributed by atoms with Crippen LogP contribution < -0.4 is 5.32 Å². The van der Waals surface area contributed by atoms with Crippen LogP contribution in [-0.2, 0) is 4.79 Å². The second-order valence-electron chi connectivity index (χ2n) is 3.06. The number of rotatable bonds is 3. The number of anilines is 1. The van der Waals surface area contributed by atoms with E-state index in [4.69, 9.17) is 5.26 Å². The van der Waals surface area contributed by atoms with E-state index in [2.05, 4.69) is 5.32 Å². The number of amides is 1. The summed E-state index contributed by atoms with van der Waals surface area (Å²) in [6, 6.07) is 8.90. The third kappa shape index (κ3) is 3.30. The lowest BCUT2D eigenvalue weighted by molar-refractivity contribution is -0.115. The lowest BCUT2D eigenvalue weighted by Crippen LogP contribution is -2.21. The fraction of sp³-hybridized carbons (Fsp3) is 0.273. The number of nitrogens with zero attached hydrogens (tertiary/aromatic N) is 1. The maximum atomic E-state index is 11.5. The Kier molecular flexibility index (Phi) is 4.19. The summed E-state index contributed by atoms with van der Waals surface area (Å²) in [5, 5.41) is 11.4. The first kappa shape index (κ1) is 11.6. The molecule has 0 aliphatic carbocycles. The van der Waals surface area contributed by atoms with Crippen molar-refractivity contribution in [2.45, 2.75) is 12.2 Å². The first-order valence-corrected chi connectivity index (χ1v) is 5.80. The molecular weight excluding hydrogens is 208 g/mol. The lowest BCUT2D eigenvalue weighted by atomic mass is 10.2. The highest BCUT2D eigenvalue weighted by atomic mass is 32.2. The van der Waals surface area contributed by atoms with Crippen molar-refractivity contribution in [3.8, 4) is 6.07 Å². The standard InChI is InChI=1S/C11H12N2OS/c1-8(15-2)11(14)13-10-5-3-4-9(6-10)7-12/h3-6,8H,1-2H3,(H,13,14). The number of thioether (sulfide) groups is 1. The van der Waals surface area contributed by atoms with Gasteiger partial charge in [-0.1, -0.05) is 6.07 Å². The third-order valence-electron chi connectivity index (χ3n) is 1.98. The molecule has 1 aromatic rings. The largest absolute Gasteiger partial charge is 0.325 e. The van der Waals surface area contributed by atoms with Gasteiger partial charge in [0.05, 0.1) is 16.9 Å². The highest BCUT2D eigenvalue weighted by molar-refractivity contribution is 7.99. The Hall–Kier alpha value is -1.47. The van der Waals surface area contributed by atoms with Crippen LogP contribution in [-0.4, -0.2) is 17.4 Å². The lowest BCUT2D eigenvalue weighted by Gasteiger charge is -2.09. The molecule has 1 rings (SSSR count). The van der Waals surface area contributed by atoms with Gasteiger partial charge in [0.25, 0.3) is 0 Å². The van der Waals surface area contributed by atoms with Crippen LogP contribution in [0.15, 0.2) is 24.3 Å². The van der Waals surface area contributed by atoms with Gasteiger partial charge in [0, 0.05) is 5.69 Å². The van der Waals surface area contributed by atoms with Gasteiger partial charge in [-0.3, -0.25) is 4.79 Å². The van der Waals surface area contributed by atoms with Crippen LogP contribution in [0, 0.1) is 11.3 Å². The van der Waals surface area contributed by atoms with E-state index in [1.54, 1.807) is 24.3 Å². The van der Waals surface area contributed by atoms with E-state index >= 15 is 0 Å². The average molecular weight is 220 g/mol. The van der Waals surface area contributed by atoms with Crippen molar-refractivity contribution in [3.05, 3.63) is 29.8 Å². The zero-order valence-electron chi connectivity index (χ0n) is 8.65. The fourth-order valence-corrected chi connectivity index (χ4v) is 1.29. The molecule has 1 unspecified atom stereocenters. The van der Waals surface area contributed by atoms with Crippen LogP contribution in [0.3, 0.4) is 0 Å². The topological polar surface area (TPSA) is 52.9 Å². The number of carbonyl (C=O) groups is 1. The molecule has 4 heteroatoms. The molecule has 0 spiro atoms. The van der Waals surface area contributed by atoms with Gasteiger partial charge in [-0.25, -0.2) is 0 Å². The van der Waals surface area contributed by atoms with Crippen molar-refractivity contribution < 1.29 is 4.79 Å². The van der Waals surface area contributed by atoms with Gasteiger partial charge in [-0.2, -0.15) is 17.0 Å². The van der Waals surface area contributed by atoms with Crippen LogP contribution in [0.1, 0.15) is 12.5 Å². The minimum absolute atomic E-state index is 0.0439. The molecule has 15 heavy (non-hydrogen) atoms. The smallest absolute Gasteiger partial charge is 0.237 e. The van der Waals surface area contributed by atoms with E-state index in [0.717, 1.165) is 0 Å². The Bertz CT molecular complexity index is 398. The molecule has 3 nitrogen and oxygen atoms in total. The van der Waals surface area contributed by atoms with Crippen molar-refractivity contribution in [1.29, 1.82) is 5.26 Å². The summed E-state index contributed by atoms with van der Waals surface area (Å²) in [4.78, 5) is 11.5. The van der Waals surface area contributed by atoms with E-state index < -0.39 is 0 Å². The summed E-state index contributed by atoms with van der Waals surface area (Å²) >= 11 is 1.49. The Labute approximate surface area is 93.5 Å². The van der Waals surface area contributed by atoms with Gasteiger partial charge in [0.1, 0.15) is 0 Å². The fourth-order valence-electron chi connectivity index (χ4n) is 1.02. The molecule has 78 valence electrons. The molecule has 0 heterocycles. The van der Waals surface area contributed by atoms with Crippen molar-refractivity contribution in [2.24, 2.45) is 0 Å². The number of benzene rings is 1. The molecule has 0 aliphatic heterocycles. The normalized spacial score (nSPS) is 11.5. The van der Waals surface area contributed by atoms with Crippen molar-refractivity contribution in [2.75, 3.05) is 11.6 Å². The Balaban J connectivity index is 2.73. The van der Waals surface area contributed by atoms with E-state index in [9.17, 15) is 4.79 Å². The third-order valence-corrected chi connectivity index (χ3v) is 2.90. The number of nitrogens with one attached hydrogen (secondary N) is 1. The predicted octanol–water partition coefficient (Wildman–Crippen LogP) is 2.25. The summed E-state index contributed by atoms with van der Waals surface area (Å²) in [6.45, 7) is 1.84. The monoisotopic (exact) mass is 220 g/mol. The van der Waals surface area contributed by atoms with Gasteiger partial charge < -0.3 is 5.32 Å². The predicted molar refractivity (Wildman–Crippen MR) is 62.8 cm³/mol. The summed E-state index contributed by atoms with van der Waals surface area (Å²) < 4.78 is 0. The van der Waals surface area contributed by atoms with Crippen LogP contribution in [0.5, 0.6) is 0 Å². The Morgan fingerprint density at radius 3 is 2.93 bits per heavy atom. The maximum Gasteiger partial charge on any atom is 0.237 e. The maximum absolute atomic E-state index is 11.5. The molecule has 0 aliphatic rings. The summed E-state index contributed by atoms with van der Waals surface area (Å²) in [5.74, 6) is -0.0439. The highest BCUT2D eigenvalue weighted by Crippen LogP contribution is 2.12. The van der Waals surface area contributed by atoms with Gasteiger partial charge >= 0.3 is 0 Å². The van der Waals surface area contributed by atoms with Crippen LogP contribution in [0.25, 0.3) is 0 Å². The average Bonchev–Trinajstić information content (AvgIpc) is 2.28. The van der Waals surface area contributed by atoms with Gasteiger partial charge in [-0.15, -0.1) is 0 Å². The van der Waals surface area contributed by atoms with Crippen molar-refractivity contribution in [3.63, 3.8) is 0 Å². The Morgan fingerprint density at radius 2 is 2.33 bits per heavy atom. The van der Waals surface area contributed by atoms with Crippen molar-refractivity contribution in [1.82, 2.24) is 0 Å². The van der Waals surface area contributed by atoms with E-state index in [0.29, 0.717) is 11.3 Å². The minimum Gasteiger partial charge on any atom is -0.325 e. The molecule has 1 atom stereocenters. The first-order chi connectivity index (χ1) is 7.17. The summed E-state index contributed by atoms with van der Waals surface area (Å²) in [5.41, 5.74) is 1.21. The highest BCUT2D eigenvalue weighted by Gasteiger charge is 2.10. The summed E-state index contributed by atoms with van der Waals surface area (Å²) in [7, 11) is 0. The second-order valence-corrected chi connectivity index (χ2v) is 4.24. The molecule has 0 bridgehead atoms. The molecule has 1 amide bonds. The van der Waals surface area contributed by atoms with Gasteiger partial charge in [0.2, 0.25) is 5.91 Å². The quantitative estimate of drug-likeness (QED) is 0.850. The molecule has 0 aromatic heterocycles. The SMILES string of the molecule is CSC(C)C(=O)Nc1cccc(C#N)c1. The van der Waals surface area contributed by atoms with Crippen LogP contribution in [0.4, 0.5) is 5.69 Å². The molecule has 0 fully saturated rings. The van der Waals surface area contributed by atoms with E-state index in [-0.39, 0.29) is 11.2 Å². The molecule has 0 saturated heterocycles. The molecule has 0 radical (unpaired) electrons. The number of hydrogen-bond acceptors (Lipinski definition) is 3. The molecule has 0 saturated carbocycles. The second kappa shape index (κ2) is 5.42. The summed E-state index contributed by atoms with van der Waals surface area (Å²) in [6.07, 6.45) is 1.88. The first-order valence-electron chi connectivity index (χ1n) is 4.51. The van der Waals surface area contributed by atoms with Crippen molar-refractivity contribution >= 4 is 23.4 Å². The van der Waals surface area contributed by atoms with E-state index in [1.807, 2.05) is 19.2 Å².